The van der Waals surface area contributed by atoms with Gasteiger partial charge in [-0.2, -0.15) is 5.10 Å². The van der Waals surface area contributed by atoms with E-state index in [1.807, 2.05) is 42.5 Å². The fourth-order valence-corrected chi connectivity index (χ4v) is 3.15. The SMILES string of the molecule is C#Cc1ccc(C(=O)Nc2cc(-c3ccc(NC(=O)c4ccccc4)cc3)nn2C)cc1. The van der Waals surface area contributed by atoms with Gasteiger partial charge in [-0.1, -0.05) is 36.3 Å². The van der Waals surface area contributed by atoms with Crippen LogP contribution in [0.4, 0.5) is 11.5 Å². The van der Waals surface area contributed by atoms with Gasteiger partial charge in [0.25, 0.3) is 11.8 Å². The minimum Gasteiger partial charge on any atom is -0.322 e. The van der Waals surface area contributed by atoms with Crippen molar-refractivity contribution >= 4 is 23.3 Å². The Labute approximate surface area is 185 Å². The first kappa shape index (κ1) is 20.6. The van der Waals surface area contributed by atoms with Crippen LogP contribution in [0, 0.1) is 12.3 Å². The van der Waals surface area contributed by atoms with Crippen LogP contribution in [-0.4, -0.2) is 21.6 Å². The highest BCUT2D eigenvalue weighted by atomic mass is 16.2. The van der Waals surface area contributed by atoms with Crippen LogP contribution in [0.1, 0.15) is 26.3 Å². The number of nitrogens with one attached hydrogen (secondary N) is 2. The number of aryl methyl sites for hydroxylation is 1. The van der Waals surface area contributed by atoms with Gasteiger partial charge in [-0.05, 0) is 48.5 Å². The van der Waals surface area contributed by atoms with E-state index in [0.717, 1.165) is 5.56 Å². The smallest absolute Gasteiger partial charge is 0.256 e. The Balaban J connectivity index is 1.45. The van der Waals surface area contributed by atoms with Gasteiger partial charge in [0.15, 0.2) is 0 Å². The van der Waals surface area contributed by atoms with Crippen LogP contribution in [0.3, 0.4) is 0 Å². The number of rotatable bonds is 5. The Morgan fingerprint density at radius 1 is 0.844 bits per heavy atom. The summed E-state index contributed by atoms with van der Waals surface area (Å²) < 4.78 is 1.61. The van der Waals surface area contributed by atoms with Crippen LogP contribution in [-0.2, 0) is 7.05 Å². The van der Waals surface area contributed by atoms with E-state index in [1.165, 1.54) is 0 Å². The van der Waals surface area contributed by atoms with Crippen molar-refractivity contribution in [2.24, 2.45) is 7.05 Å². The van der Waals surface area contributed by atoms with E-state index in [9.17, 15) is 9.59 Å². The van der Waals surface area contributed by atoms with E-state index in [1.54, 1.807) is 54.2 Å². The van der Waals surface area contributed by atoms with Gasteiger partial charge in [-0.15, -0.1) is 6.42 Å². The summed E-state index contributed by atoms with van der Waals surface area (Å²) >= 11 is 0. The fourth-order valence-electron chi connectivity index (χ4n) is 3.15. The lowest BCUT2D eigenvalue weighted by Crippen LogP contribution is -2.14. The van der Waals surface area contributed by atoms with Crippen molar-refractivity contribution in [1.29, 1.82) is 0 Å². The number of amides is 2. The highest BCUT2D eigenvalue weighted by Gasteiger charge is 2.12. The van der Waals surface area contributed by atoms with Crippen molar-refractivity contribution in [2.75, 3.05) is 10.6 Å². The van der Waals surface area contributed by atoms with Crippen molar-refractivity contribution in [2.45, 2.75) is 0 Å². The van der Waals surface area contributed by atoms with Crippen molar-refractivity contribution in [3.05, 3.63) is 102 Å². The molecule has 0 atom stereocenters. The van der Waals surface area contributed by atoms with Gasteiger partial charge < -0.3 is 10.6 Å². The lowest BCUT2D eigenvalue weighted by molar-refractivity contribution is 0.101. The third kappa shape index (κ3) is 4.58. The molecule has 0 radical (unpaired) electrons. The molecule has 0 unspecified atom stereocenters. The summed E-state index contributed by atoms with van der Waals surface area (Å²) in [4.78, 5) is 24.8. The van der Waals surface area contributed by atoms with Crippen LogP contribution in [0.15, 0.2) is 84.9 Å². The second-order valence-electron chi connectivity index (χ2n) is 7.11. The Morgan fingerprint density at radius 2 is 1.47 bits per heavy atom. The van der Waals surface area contributed by atoms with Crippen LogP contribution in [0.5, 0.6) is 0 Å². The molecule has 4 aromatic rings. The van der Waals surface area contributed by atoms with E-state index in [4.69, 9.17) is 6.42 Å². The molecule has 0 fully saturated rings. The number of anilines is 2. The summed E-state index contributed by atoms with van der Waals surface area (Å²) in [5.74, 6) is 2.67. The monoisotopic (exact) mass is 420 g/mol. The first-order chi connectivity index (χ1) is 15.5. The quantitative estimate of drug-likeness (QED) is 0.464. The third-order valence-corrected chi connectivity index (χ3v) is 4.91. The van der Waals surface area contributed by atoms with Gasteiger partial charge in [-0.3, -0.25) is 14.3 Å². The number of nitrogens with zero attached hydrogens (tertiary/aromatic N) is 2. The molecule has 2 amide bonds. The molecule has 156 valence electrons. The summed E-state index contributed by atoms with van der Waals surface area (Å²) in [5, 5.41) is 10.2. The van der Waals surface area contributed by atoms with Crippen molar-refractivity contribution < 1.29 is 9.59 Å². The molecule has 6 heteroatoms. The molecule has 1 heterocycles. The highest BCUT2D eigenvalue weighted by molar-refractivity contribution is 6.05. The van der Waals surface area contributed by atoms with Crippen molar-refractivity contribution in [1.82, 2.24) is 9.78 Å². The summed E-state index contributed by atoms with van der Waals surface area (Å²) in [6.45, 7) is 0. The van der Waals surface area contributed by atoms with Crippen molar-refractivity contribution in [3.8, 4) is 23.6 Å². The number of carbonyl (C=O) groups excluding carboxylic acids is 2. The third-order valence-electron chi connectivity index (χ3n) is 4.91. The van der Waals surface area contributed by atoms with Crippen LogP contribution >= 0.6 is 0 Å². The van der Waals surface area contributed by atoms with Gasteiger partial charge in [0.1, 0.15) is 5.82 Å². The van der Waals surface area contributed by atoms with Gasteiger partial charge in [0, 0.05) is 41.1 Å². The number of terminal acetylenes is 1. The largest absolute Gasteiger partial charge is 0.322 e. The summed E-state index contributed by atoms with van der Waals surface area (Å²) in [5.41, 5.74) is 4.06. The van der Waals surface area contributed by atoms with E-state index < -0.39 is 0 Å². The second kappa shape index (κ2) is 9.02. The fraction of sp³-hybridized carbons (Fsp3) is 0.0385. The maximum absolute atomic E-state index is 12.5. The molecule has 2 N–H and O–H groups in total. The van der Waals surface area contributed by atoms with Crippen LogP contribution < -0.4 is 10.6 Å². The summed E-state index contributed by atoms with van der Waals surface area (Å²) in [6.07, 6.45) is 5.35. The second-order valence-corrected chi connectivity index (χ2v) is 7.11. The topological polar surface area (TPSA) is 76.0 Å². The molecule has 32 heavy (non-hydrogen) atoms. The maximum Gasteiger partial charge on any atom is 0.256 e. The molecule has 0 aliphatic rings. The first-order valence-corrected chi connectivity index (χ1v) is 9.92. The minimum absolute atomic E-state index is 0.170. The Kier molecular flexibility index (Phi) is 5.82. The predicted octanol–water partition coefficient (Wildman–Crippen LogP) is 4.57. The molecule has 6 nitrogen and oxygen atoms in total. The number of carbonyl (C=O) groups is 2. The Hall–Kier alpha value is -4.63. The van der Waals surface area contributed by atoms with E-state index in [2.05, 4.69) is 21.7 Å². The molecule has 0 aliphatic heterocycles. The molecule has 0 saturated carbocycles. The summed E-state index contributed by atoms with van der Waals surface area (Å²) in [7, 11) is 1.76. The molecular weight excluding hydrogens is 400 g/mol. The first-order valence-electron chi connectivity index (χ1n) is 9.92. The molecular formula is C26H20N4O2. The molecule has 0 spiro atoms. The molecule has 0 aliphatic carbocycles. The zero-order valence-corrected chi connectivity index (χ0v) is 17.4. The standard InChI is InChI=1S/C26H20N4O2/c1-3-18-9-11-21(12-10-18)26(32)28-24-17-23(29-30(24)2)19-13-15-22(16-14-19)27-25(31)20-7-5-4-6-8-20/h1,4-17H,2H3,(H,27,31)(H,28,32). The highest BCUT2D eigenvalue weighted by Crippen LogP contribution is 2.24. The zero-order valence-electron chi connectivity index (χ0n) is 17.4. The lowest BCUT2D eigenvalue weighted by Gasteiger charge is -2.06. The summed E-state index contributed by atoms with van der Waals surface area (Å²) in [6, 6.07) is 25.0. The van der Waals surface area contributed by atoms with Crippen molar-refractivity contribution in [3.63, 3.8) is 0 Å². The Morgan fingerprint density at radius 3 is 2.12 bits per heavy atom. The zero-order chi connectivity index (χ0) is 22.5. The molecule has 0 saturated heterocycles. The molecule has 4 rings (SSSR count). The number of hydrogen-bond donors (Lipinski definition) is 2. The number of aromatic nitrogens is 2. The van der Waals surface area contributed by atoms with Gasteiger partial charge in [0.2, 0.25) is 0 Å². The van der Waals surface area contributed by atoms with Gasteiger partial charge >= 0.3 is 0 Å². The number of hydrogen-bond acceptors (Lipinski definition) is 3. The molecule has 0 bridgehead atoms. The molecule has 3 aromatic carbocycles. The number of benzene rings is 3. The van der Waals surface area contributed by atoms with Gasteiger partial charge in [-0.25, -0.2) is 0 Å². The van der Waals surface area contributed by atoms with E-state index in [0.29, 0.717) is 33.9 Å². The van der Waals surface area contributed by atoms with Gasteiger partial charge in [0.05, 0.1) is 5.69 Å². The lowest BCUT2D eigenvalue weighted by atomic mass is 10.1. The average molecular weight is 420 g/mol. The van der Waals surface area contributed by atoms with Crippen LogP contribution in [0.25, 0.3) is 11.3 Å². The van der Waals surface area contributed by atoms with Crippen LogP contribution in [0.2, 0.25) is 0 Å². The average Bonchev–Trinajstić information content (AvgIpc) is 3.20. The van der Waals surface area contributed by atoms with E-state index >= 15 is 0 Å². The minimum atomic E-state index is -0.248. The maximum atomic E-state index is 12.5. The van der Waals surface area contributed by atoms with E-state index in [-0.39, 0.29) is 11.8 Å². The predicted molar refractivity (Wildman–Crippen MR) is 125 cm³/mol. The normalized spacial score (nSPS) is 10.2. The Bertz CT molecular complexity index is 1300. The molecule has 1 aromatic heterocycles.